The van der Waals surface area contributed by atoms with Gasteiger partial charge in [0.15, 0.2) is 15.1 Å². The molecular formula is C17H14F4O2S. The van der Waals surface area contributed by atoms with Crippen molar-refractivity contribution in [3.63, 3.8) is 0 Å². The van der Waals surface area contributed by atoms with E-state index in [1.54, 1.807) is 0 Å². The second kappa shape index (κ2) is 7.17. The summed E-state index contributed by atoms with van der Waals surface area (Å²) < 4.78 is 77.0. The largest absolute Gasteiger partial charge is 0.406 e. The second-order valence-corrected chi connectivity index (χ2v) is 7.21. The van der Waals surface area contributed by atoms with Gasteiger partial charge in [-0.25, -0.2) is 12.8 Å². The summed E-state index contributed by atoms with van der Waals surface area (Å²) in [5.41, 5.74) is 0.481. The maximum Gasteiger partial charge on any atom is 0.406 e. The molecule has 2 rings (SSSR count). The van der Waals surface area contributed by atoms with E-state index in [1.165, 1.54) is 48.5 Å². The van der Waals surface area contributed by atoms with E-state index in [2.05, 4.69) is 0 Å². The molecule has 0 fully saturated rings. The Morgan fingerprint density at radius 2 is 1.54 bits per heavy atom. The van der Waals surface area contributed by atoms with Crippen molar-refractivity contribution in [3.8, 4) is 0 Å². The number of benzene rings is 2. The molecule has 0 heterocycles. The summed E-state index contributed by atoms with van der Waals surface area (Å²) in [7, 11) is -4.56. The molecule has 0 aliphatic carbocycles. The zero-order chi connectivity index (χ0) is 17.8. The van der Waals surface area contributed by atoms with Crippen molar-refractivity contribution < 1.29 is 26.0 Å². The minimum Gasteiger partial charge on any atom is -0.223 e. The molecule has 24 heavy (non-hydrogen) atoms. The average Bonchev–Trinajstić information content (AvgIpc) is 2.52. The van der Waals surface area contributed by atoms with Gasteiger partial charge in [-0.3, -0.25) is 0 Å². The number of hydrogen-bond acceptors (Lipinski definition) is 2. The van der Waals surface area contributed by atoms with Gasteiger partial charge in [0.05, 0.1) is 4.90 Å². The second-order valence-electron chi connectivity index (χ2n) is 5.08. The van der Waals surface area contributed by atoms with E-state index in [0.29, 0.717) is 5.56 Å². The molecule has 0 saturated carbocycles. The van der Waals surface area contributed by atoms with E-state index >= 15 is 0 Å². The van der Waals surface area contributed by atoms with E-state index in [0.717, 1.165) is 18.2 Å². The zero-order valence-electron chi connectivity index (χ0n) is 12.4. The van der Waals surface area contributed by atoms with Crippen LogP contribution in [0.1, 0.15) is 12.0 Å². The Bertz CT molecular complexity index is 795. The number of sulfone groups is 1. The summed E-state index contributed by atoms with van der Waals surface area (Å²) in [6, 6.07) is 11.7. The lowest BCUT2D eigenvalue weighted by Gasteiger charge is -2.19. The van der Waals surface area contributed by atoms with E-state index in [9.17, 15) is 26.0 Å². The molecular weight excluding hydrogens is 344 g/mol. The van der Waals surface area contributed by atoms with Crippen LogP contribution in [0.3, 0.4) is 0 Å². The average molecular weight is 358 g/mol. The predicted molar refractivity (Wildman–Crippen MR) is 83.5 cm³/mol. The summed E-state index contributed by atoms with van der Waals surface area (Å²) in [6.07, 6.45) is -3.16. The summed E-state index contributed by atoms with van der Waals surface area (Å²) in [5.74, 6) is -0.466. The molecule has 2 aromatic rings. The van der Waals surface area contributed by atoms with Gasteiger partial charge in [-0.05, 0) is 36.2 Å². The number of halogens is 4. The Morgan fingerprint density at radius 3 is 2.08 bits per heavy atom. The SMILES string of the molecule is O=S(=O)(c1ccccc1)C(C/C=C/c1ccc(F)cc1)C(F)(F)F. The molecule has 0 aliphatic rings. The van der Waals surface area contributed by atoms with Gasteiger partial charge in [0.1, 0.15) is 5.82 Å². The highest BCUT2D eigenvalue weighted by molar-refractivity contribution is 7.92. The summed E-state index contributed by atoms with van der Waals surface area (Å²) in [4.78, 5) is -0.373. The first-order valence-electron chi connectivity index (χ1n) is 6.99. The van der Waals surface area contributed by atoms with Crippen LogP contribution in [0.15, 0.2) is 65.6 Å². The van der Waals surface area contributed by atoms with E-state index in [4.69, 9.17) is 0 Å². The Labute approximate surface area is 137 Å². The fraction of sp³-hybridized carbons (Fsp3) is 0.176. The van der Waals surface area contributed by atoms with Crippen molar-refractivity contribution >= 4 is 15.9 Å². The number of alkyl halides is 3. The van der Waals surface area contributed by atoms with Crippen molar-refractivity contribution in [2.24, 2.45) is 0 Å². The van der Waals surface area contributed by atoms with Crippen LogP contribution in [-0.2, 0) is 9.84 Å². The Balaban J connectivity index is 2.25. The highest BCUT2D eigenvalue weighted by atomic mass is 32.2. The third kappa shape index (κ3) is 4.44. The van der Waals surface area contributed by atoms with Crippen LogP contribution in [0.4, 0.5) is 17.6 Å². The first-order chi connectivity index (χ1) is 11.2. The van der Waals surface area contributed by atoms with Crippen molar-refractivity contribution in [2.45, 2.75) is 22.7 Å². The number of allylic oxidation sites excluding steroid dienone is 1. The lowest BCUT2D eigenvalue weighted by molar-refractivity contribution is -0.129. The van der Waals surface area contributed by atoms with Gasteiger partial charge in [0.2, 0.25) is 0 Å². The molecule has 2 aromatic carbocycles. The van der Waals surface area contributed by atoms with Crippen molar-refractivity contribution in [1.29, 1.82) is 0 Å². The number of hydrogen-bond donors (Lipinski definition) is 0. The van der Waals surface area contributed by atoms with Crippen LogP contribution in [0, 0.1) is 5.82 Å². The highest BCUT2D eigenvalue weighted by Crippen LogP contribution is 2.33. The molecule has 128 valence electrons. The van der Waals surface area contributed by atoms with Gasteiger partial charge in [-0.2, -0.15) is 13.2 Å². The quantitative estimate of drug-likeness (QED) is 0.730. The molecule has 0 amide bonds. The molecule has 0 N–H and O–H groups in total. The van der Waals surface area contributed by atoms with Crippen molar-refractivity contribution in [2.75, 3.05) is 0 Å². The standard InChI is InChI=1S/C17H14F4O2S/c18-14-11-9-13(10-12-14)5-4-8-16(17(19,20)21)24(22,23)15-6-2-1-3-7-15/h1-7,9-12,16H,8H2/b5-4+. The molecule has 1 unspecified atom stereocenters. The smallest absolute Gasteiger partial charge is 0.223 e. The fourth-order valence-electron chi connectivity index (χ4n) is 2.11. The maximum atomic E-state index is 13.2. The Morgan fingerprint density at radius 1 is 0.958 bits per heavy atom. The molecule has 0 aliphatic heterocycles. The third-order valence-corrected chi connectivity index (χ3v) is 5.48. The molecule has 0 radical (unpaired) electrons. The van der Waals surface area contributed by atoms with E-state index in [1.807, 2.05) is 0 Å². The minimum absolute atomic E-state index is 0.373. The van der Waals surface area contributed by atoms with Crippen LogP contribution in [-0.4, -0.2) is 19.8 Å². The fourth-order valence-corrected chi connectivity index (χ4v) is 3.69. The highest BCUT2D eigenvalue weighted by Gasteiger charge is 2.48. The topological polar surface area (TPSA) is 34.1 Å². The monoisotopic (exact) mass is 358 g/mol. The molecule has 0 saturated heterocycles. The Kier molecular flexibility index (Phi) is 5.43. The molecule has 0 spiro atoms. The lowest BCUT2D eigenvalue weighted by Crippen LogP contribution is -2.36. The lowest BCUT2D eigenvalue weighted by atomic mass is 10.2. The van der Waals surface area contributed by atoms with Crippen LogP contribution in [0.25, 0.3) is 6.08 Å². The minimum atomic E-state index is -4.90. The van der Waals surface area contributed by atoms with Crippen LogP contribution >= 0.6 is 0 Å². The maximum absolute atomic E-state index is 13.2. The van der Waals surface area contributed by atoms with E-state index < -0.39 is 33.5 Å². The van der Waals surface area contributed by atoms with Crippen molar-refractivity contribution in [1.82, 2.24) is 0 Å². The summed E-state index contributed by atoms with van der Waals surface area (Å²) in [5, 5.41) is -2.54. The first kappa shape index (κ1) is 18.2. The van der Waals surface area contributed by atoms with Gasteiger partial charge in [-0.1, -0.05) is 42.5 Å². The van der Waals surface area contributed by atoms with Gasteiger partial charge in [0.25, 0.3) is 0 Å². The van der Waals surface area contributed by atoms with E-state index in [-0.39, 0.29) is 4.90 Å². The summed E-state index contributed by atoms with van der Waals surface area (Å²) >= 11 is 0. The number of rotatable bonds is 5. The van der Waals surface area contributed by atoms with Crippen molar-refractivity contribution in [3.05, 3.63) is 72.1 Å². The normalized spacial score (nSPS) is 14.0. The molecule has 0 aromatic heterocycles. The van der Waals surface area contributed by atoms with Gasteiger partial charge in [-0.15, -0.1) is 0 Å². The van der Waals surface area contributed by atoms with Crippen LogP contribution < -0.4 is 0 Å². The molecule has 1 atom stereocenters. The Hall–Kier alpha value is -2.15. The summed E-state index contributed by atoms with van der Waals surface area (Å²) in [6.45, 7) is 0. The molecule has 0 bridgehead atoms. The predicted octanol–water partition coefficient (Wildman–Crippen LogP) is 4.63. The molecule has 2 nitrogen and oxygen atoms in total. The van der Waals surface area contributed by atoms with Gasteiger partial charge < -0.3 is 0 Å². The van der Waals surface area contributed by atoms with Crippen LogP contribution in [0.5, 0.6) is 0 Å². The third-order valence-electron chi connectivity index (χ3n) is 3.34. The first-order valence-corrected chi connectivity index (χ1v) is 8.53. The zero-order valence-corrected chi connectivity index (χ0v) is 13.2. The molecule has 7 heteroatoms. The van der Waals surface area contributed by atoms with Crippen LogP contribution in [0.2, 0.25) is 0 Å². The van der Waals surface area contributed by atoms with Gasteiger partial charge in [0, 0.05) is 0 Å². The van der Waals surface area contributed by atoms with Gasteiger partial charge >= 0.3 is 6.18 Å².